The standard InChI is InChI=1S/C18H24N4O2S/c1-13-6-4-5-11-22(13)16(23)12-25-18-20-19-17(21(18)2)14-7-9-15(24-3)10-8-14/h7-10,13H,4-6,11-12H2,1-3H3/t13-/m1/s1. The second kappa shape index (κ2) is 7.91. The van der Waals surface area contributed by atoms with Crippen molar-refractivity contribution in [2.75, 3.05) is 19.4 Å². The van der Waals surface area contributed by atoms with Crippen molar-refractivity contribution >= 4 is 17.7 Å². The quantitative estimate of drug-likeness (QED) is 0.767. The average molecular weight is 360 g/mol. The molecule has 1 aromatic carbocycles. The number of likely N-dealkylation sites (tertiary alicyclic amines) is 1. The lowest BCUT2D eigenvalue weighted by Crippen LogP contribution is -2.42. The first-order valence-corrected chi connectivity index (χ1v) is 9.55. The first-order valence-electron chi connectivity index (χ1n) is 8.56. The summed E-state index contributed by atoms with van der Waals surface area (Å²) in [6.45, 7) is 3.00. The zero-order valence-electron chi connectivity index (χ0n) is 14.9. The Morgan fingerprint density at radius 3 is 2.72 bits per heavy atom. The number of aromatic nitrogens is 3. The van der Waals surface area contributed by atoms with Crippen LogP contribution < -0.4 is 4.74 Å². The van der Waals surface area contributed by atoms with Gasteiger partial charge in [-0.1, -0.05) is 11.8 Å². The van der Waals surface area contributed by atoms with Crippen molar-refractivity contribution in [3.8, 4) is 17.1 Å². The van der Waals surface area contributed by atoms with Crippen LogP contribution in [0, 0.1) is 0 Å². The van der Waals surface area contributed by atoms with Crippen molar-refractivity contribution in [3.63, 3.8) is 0 Å². The Morgan fingerprint density at radius 2 is 2.04 bits per heavy atom. The Morgan fingerprint density at radius 1 is 1.28 bits per heavy atom. The van der Waals surface area contributed by atoms with Gasteiger partial charge in [0.2, 0.25) is 5.91 Å². The number of thioether (sulfide) groups is 1. The number of rotatable bonds is 5. The SMILES string of the molecule is COc1ccc(-c2nnc(SCC(=O)N3CCCC[C@H]3C)n2C)cc1. The molecular formula is C18H24N4O2S. The number of methoxy groups -OCH3 is 1. The Bertz CT molecular complexity index is 729. The number of piperidine rings is 1. The van der Waals surface area contributed by atoms with Gasteiger partial charge >= 0.3 is 0 Å². The molecule has 1 aliphatic rings. The highest BCUT2D eigenvalue weighted by Crippen LogP contribution is 2.25. The molecule has 0 bridgehead atoms. The maximum Gasteiger partial charge on any atom is 0.233 e. The minimum atomic E-state index is 0.186. The Balaban J connectivity index is 1.65. The highest BCUT2D eigenvalue weighted by molar-refractivity contribution is 7.99. The summed E-state index contributed by atoms with van der Waals surface area (Å²) >= 11 is 1.45. The number of benzene rings is 1. The molecule has 1 fully saturated rings. The molecule has 0 saturated carbocycles. The van der Waals surface area contributed by atoms with Crippen LogP contribution in [0.5, 0.6) is 5.75 Å². The summed E-state index contributed by atoms with van der Waals surface area (Å²) in [5.41, 5.74) is 0.971. The van der Waals surface area contributed by atoms with Crippen molar-refractivity contribution in [2.24, 2.45) is 7.05 Å². The van der Waals surface area contributed by atoms with Gasteiger partial charge in [-0.3, -0.25) is 4.79 Å². The minimum absolute atomic E-state index is 0.186. The molecule has 7 heteroatoms. The Labute approximate surface area is 152 Å². The van der Waals surface area contributed by atoms with Gasteiger partial charge in [0.25, 0.3) is 0 Å². The molecule has 2 aromatic rings. The van der Waals surface area contributed by atoms with E-state index in [1.54, 1.807) is 7.11 Å². The van der Waals surface area contributed by atoms with E-state index in [2.05, 4.69) is 17.1 Å². The van der Waals surface area contributed by atoms with Gasteiger partial charge in [-0.05, 0) is 50.5 Å². The Hall–Kier alpha value is -2.02. The molecule has 1 saturated heterocycles. The third-order valence-electron chi connectivity index (χ3n) is 4.63. The van der Waals surface area contributed by atoms with Crippen LogP contribution in [0.2, 0.25) is 0 Å². The molecule has 1 atom stereocenters. The van der Waals surface area contributed by atoms with Crippen LogP contribution in [0.15, 0.2) is 29.4 Å². The molecule has 0 N–H and O–H groups in total. The Kier molecular flexibility index (Phi) is 5.63. The monoisotopic (exact) mass is 360 g/mol. The number of amides is 1. The molecule has 0 aliphatic carbocycles. The molecule has 0 radical (unpaired) electrons. The number of carbonyl (C=O) groups excluding carboxylic acids is 1. The van der Waals surface area contributed by atoms with Crippen molar-refractivity contribution in [3.05, 3.63) is 24.3 Å². The van der Waals surface area contributed by atoms with Gasteiger partial charge in [0, 0.05) is 25.2 Å². The van der Waals surface area contributed by atoms with Crippen molar-refractivity contribution < 1.29 is 9.53 Å². The number of hydrogen-bond acceptors (Lipinski definition) is 5. The molecule has 1 amide bonds. The lowest BCUT2D eigenvalue weighted by atomic mass is 10.0. The summed E-state index contributed by atoms with van der Waals surface area (Å²) in [5.74, 6) is 2.18. The van der Waals surface area contributed by atoms with Crippen LogP contribution in [0.3, 0.4) is 0 Å². The fourth-order valence-electron chi connectivity index (χ4n) is 3.11. The van der Waals surface area contributed by atoms with Gasteiger partial charge in [-0.25, -0.2) is 0 Å². The summed E-state index contributed by atoms with van der Waals surface area (Å²) in [6, 6.07) is 8.06. The predicted octanol–water partition coefficient (Wildman–Crippen LogP) is 2.98. The molecule has 2 heterocycles. The van der Waals surface area contributed by atoms with E-state index in [1.165, 1.54) is 18.2 Å². The third kappa shape index (κ3) is 3.98. The number of ether oxygens (including phenoxy) is 1. The van der Waals surface area contributed by atoms with E-state index < -0.39 is 0 Å². The molecule has 134 valence electrons. The molecule has 0 spiro atoms. The van der Waals surface area contributed by atoms with Crippen molar-refractivity contribution in [1.29, 1.82) is 0 Å². The molecule has 0 unspecified atom stereocenters. The second-order valence-electron chi connectivity index (χ2n) is 6.31. The van der Waals surface area contributed by atoms with Crippen molar-refractivity contribution in [2.45, 2.75) is 37.4 Å². The molecular weight excluding hydrogens is 336 g/mol. The normalized spacial score (nSPS) is 17.6. The van der Waals surface area contributed by atoms with E-state index in [1.807, 2.05) is 40.8 Å². The third-order valence-corrected chi connectivity index (χ3v) is 5.64. The highest BCUT2D eigenvalue weighted by Gasteiger charge is 2.23. The largest absolute Gasteiger partial charge is 0.497 e. The summed E-state index contributed by atoms with van der Waals surface area (Å²) in [7, 11) is 3.57. The average Bonchev–Trinajstić information content (AvgIpc) is 3.01. The first-order chi connectivity index (χ1) is 12.1. The molecule has 3 rings (SSSR count). The van der Waals surface area contributed by atoms with Gasteiger partial charge < -0.3 is 14.2 Å². The van der Waals surface area contributed by atoms with Crippen LogP contribution in [0.1, 0.15) is 26.2 Å². The van der Waals surface area contributed by atoms with Gasteiger partial charge in [0.05, 0.1) is 12.9 Å². The van der Waals surface area contributed by atoms with E-state index in [-0.39, 0.29) is 5.91 Å². The molecule has 1 aliphatic heterocycles. The fraction of sp³-hybridized carbons (Fsp3) is 0.500. The van der Waals surface area contributed by atoms with E-state index >= 15 is 0 Å². The number of carbonyl (C=O) groups is 1. The van der Waals surface area contributed by atoms with E-state index in [9.17, 15) is 4.79 Å². The summed E-state index contributed by atoms with van der Waals surface area (Å²) in [5, 5.41) is 9.27. The second-order valence-corrected chi connectivity index (χ2v) is 7.26. The van der Waals surface area contributed by atoms with Crippen LogP contribution in [-0.2, 0) is 11.8 Å². The predicted molar refractivity (Wildman–Crippen MR) is 98.7 cm³/mol. The zero-order chi connectivity index (χ0) is 17.8. The lowest BCUT2D eigenvalue weighted by Gasteiger charge is -2.33. The fourth-order valence-corrected chi connectivity index (χ4v) is 3.91. The van der Waals surface area contributed by atoms with Gasteiger partial charge in [0.15, 0.2) is 11.0 Å². The maximum absolute atomic E-state index is 12.5. The topological polar surface area (TPSA) is 60.3 Å². The zero-order valence-corrected chi connectivity index (χ0v) is 15.8. The van der Waals surface area contributed by atoms with Gasteiger partial charge in [-0.2, -0.15) is 0 Å². The van der Waals surface area contributed by atoms with Crippen LogP contribution in [0.4, 0.5) is 0 Å². The summed E-state index contributed by atoms with van der Waals surface area (Å²) < 4.78 is 7.11. The number of hydrogen-bond donors (Lipinski definition) is 0. The minimum Gasteiger partial charge on any atom is -0.497 e. The first kappa shape index (κ1) is 17.8. The van der Waals surface area contributed by atoms with E-state index in [0.29, 0.717) is 11.8 Å². The van der Waals surface area contributed by atoms with E-state index in [0.717, 1.165) is 41.7 Å². The summed E-state index contributed by atoms with van der Waals surface area (Å²) in [4.78, 5) is 14.5. The molecule has 6 nitrogen and oxygen atoms in total. The van der Waals surface area contributed by atoms with E-state index in [4.69, 9.17) is 4.74 Å². The van der Waals surface area contributed by atoms with Crippen LogP contribution >= 0.6 is 11.8 Å². The molecule has 1 aromatic heterocycles. The smallest absolute Gasteiger partial charge is 0.233 e. The highest BCUT2D eigenvalue weighted by atomic mass is 32.2. The molecule has 25 heavy (non-hydrogen) atoms. The maximum atomic E-state index is 12.5. The van der Waals surface area contributed by atoms with Gasteiger partial charge in [-0.15, -0.1) is 10.2 Å². The van der Waals surface area contributed by atoms with Crippen molar-refractivity contribution in [1.82, 2.24) is 19.7 Å². The van der Waals surface area contributed by atoms with Gasteiger partial charge in [0.1, 0.15) is 5.75 Å². The summed E-state index contributed by atoms with van der Waals surface area (Å²) in [6.07, 6.45) is 3.42. The number of nitrogens with zero attached hydrogens (tertiary/aromatic N) is 4. The lowest BCUT2D eigenvalue weighted by molar-refractivity contribution is -0.131. The van der Waals surface area contributed by atoms with Crippen LogP contribution in [-0.4, -0.2) is 51.0 Å². The van der Waals surface area contributed by atoms with Crippen LogP contribution in [0.25, 0.3) is 11.4 Å².